The van der Waals surface area contributed by atoms with E-state index in [1.165, 1.54) is 6.92 Å². The molecule has 1 heterocycles. The standard InChI is InChI=1S/C19H16N4O2/c1-13(24)14-7-9-16(10-8-14)21-19(25)17-11-12-18(23-22-17)20-15-5-3-2-4-6-15/h2-12H,1H3,(H,20,23)(H,21,25). The molecule has 0 atom stereocenters. The fraction of sp³-hybridized carbons (Fsp3) is 0.0526. The monoisotopic (exact) mass is 332 g/mol. The number of hydrogen-bond acceptors (Lipinski definition) is 5. The number of nitrogens with zero attached hydrogens (tertiary/aromatic N) is 2. The van der Waals surface area contributed by atoms with E-state index in [1.807, 2.05) is 30.3 Å². The molecule has 124 valence electrons. The first-order chi connectivity index (χ1) is 12.1. The Kier molecular flexibility index (Phi) is 4.80. The highest BCUT2D eigenvalue weighted by Gasteiger charge is 2.09. The van der Waals surface area contributed by atoms with Gasteiger partial charge in [-0.15, -0.1) is 10.2 Å². The van der Waals surface area contributed by atoms with Crippen LogP contribution in [-0.2, 0) is 0 Å². The van der Waals surface area contributed by atoms with Crippen molar-refractivity contribution in [3.8, 4) is 0 Å². The number of nitrogens with one attached hydrogen (secondary N) is 2. The Morgan fingerprint density at radius 1 is 0.800 bits per heavy atom. The van der Waals surface area contributed by atoms with Crippen LogP contribution in [0.5, 0.6) is 0 Å². The third-order valence-electron chi connectivity index (χ3n) is 3.49. The highest BCUT2D eigenvalue weighted by molar-refractivity contribution is 6.03. The molecule has 0 bridgehead atoms. The van der Waals surface area contributed by atoms with E-state index in [0.29, 0.717) is 17.1 Å². The molecule has 0 aliphatic rings. The smallest absolute Gasteiger partial charge is 0.276 e. The fourth-order valence-electron chi connectivity index (χ4n) is 2.17. The number of anilines is 3. The van der Waals surface area contributed by atoms with Crippen molar-refractivity contribution in [1.29, 1.82) is 0 Å². The molecule has 0 unspecified atom stereocenters. The zero-order valence-electron chi connectivity index (χ0n) is 13.6. The molecule has 1 amide bonds. The average Bonchev–Trinajstić information content (AvgIpc) is 2.63. The summed E-state index contributed by atoms with van der Waals surface area (Å²) < 4.78 is 0. The maximum Gasteiger partial charge on any atom is 0.276 e. The Labute approximate surface area is 144 Å². The summed E-state index contributed by atoms with van der Waals surface area (Å²) in [4.78, 5) is 23.5. The van der Waals surface area contributed by atoms with E-state index in [2.05, 4.69) is 20.8 Å². The van der Waals surface area contributed by atoms with Crippen molar-refractivity contribution in [2.45, 2.75) is 6.92 Å². The van der Waals surface area contributed by atoms with Gasteiger partial charge in [-0.25, -0.2) is 0 Å². The second-order valence-corrected chi connectivity index (χ2v) is 5.38. The maximum absolute atomic E-state index is 12.2. The Morgan fingerprint density at radius 3 is 2.12 bits per heavy atom. The molecule has 1 aromatic heterocycles. The minimum Gasteiger partial charge on any atom is -0.339 e. The van der Waals surface area contributed by atoms with Crippen molar-refractivity contribution < 1.29 is 9.59 Å². The number of carbonyl (C=O) groups is 2. The summed E-state index contributed by atoms with van der Waals surface area (Å²) in [5.74, 6) is 0.160. The molecule has 3 aromatic rings. The molecule has 6 heteroatoms. The number of rotatable bonds is 5. The highest BCUT2D eigenvalue weighted by Crippen LogP contribution is 2.14. The first-order valence-corrected chi connectivity index (χ1v) is 7.70. The van der Waals surface area contributed by atoms with Gasteiger partial charge in [-0.1, -0.05) is 18.2 Å². The van der Waals surface area contributed by atoms with Crippen molar-refractivity contribution in [3.63, 3.8) is 0 Å². The molecule has 2 aromatic carbocycles. The summed E-state index contributed by atoms with van der Waals surface area (Å²) >= 11 is 0. The molecule has 0 fully saturated rings. The minimum absolute atomic E-state index is 0.0229. The van der Waals surface area contributed by atoms with Gasteiger partial charge in [0.1, 0.15) is 0 Å². The number of hydrogen-bond donors (Lipinski definition) is 2. The number of aromatic nitrogens is 2. The second-order valence-electron chi connectivity index (χ2n) is 5.38. The molecule has 25 heavy (non-hydrogen) atoms. The van der Waals surface area contributed by atoms with Gasteiger partial charge < -0.3 is 10.6 Å². The molecule has 0 radical (unpaired) electrons. The van der Waals surface area contributed by atoms with Gasteiger partial charge in [0.05, 0.1) is 0 Å². The summed E-state index contributed by atoms with van der Waals surface area (Å²) in [5, 5.41) is 13.8. The predicted molar refractivity (Wildman–Crippen MR) is 96.2 cm³/mol. The first kappa shape index (κ1) is 16.3. The van der Waals surface area contributed by atoms with E-state index in [1.54, 1.807) is 36.4 Å². The molecule has 3 rings (SSSR count). The lowest BCUT2D eigenvalue weighted by Crippen LogP contribution is -2.14. The molecule has 2 N–H and O–H groups in total. The lowest BCUT2D eigenvalue weighted by atomic mass is 10.1. The minimum atomic E-state index is -0.366. The zero-order chi connectivity index (χ0) is 17.6. The summed E-state index contributed by atoms with van der Waals surface area (Å²) in [5.41, 5.74) is 2.27. The van der Waals surface area contributed by atoms with Crippen LogP contribution < -0.4 is 10.6 Å². The summed E-state index contributed by atoms with van der Waals surface area (Å²) in [6, 6.07) is 19.5. The number of benzene rings is 2. The van der Waals surface area contributed by atoms with Crippen LogP contribution in [0.3, 0.4) is 0 Å². The largest absolute Gasteiger partial charge is 0.339 e. The zero-order valence-corrected chi connectivity index (χ0v) is 13.6. The Bertz CT molecular complexity index is 876. The van der Waals surface area contributed by atoms with Crippen LogP contribution >= 0.6 is 0 Å². The van der Waals surface area contributed by atoms with Gasteiger partial charge in [0.25, 0.3) is 5.91 Å². The topological polar surface area (TPSA) is 84.0 Å². The molecule has 6 nitrogen and oxygen atoms in total. The van der Waals surface area contributed by atoms with Gasteiger partial charge in [-0.05, 0) is 55.5 Å². The van der Waals surface area contributed by atoms with Gasteiger partial charge in [-0.2, -0.15) is 0 Å². The normalized spacial score (nSPS) is 10.1. The maximum atomic E-state index is 12.2. The van der Waals surface area contributed by atoms with Crippen LogP contribution in [0.25, 0.3) is 0 Å². The quantitative estimate of drug-likeness (QED) is 0.696. The van der Waals surface area contributed by atoms with Gasteiger partial charge in [0, 0.05) is 16.9 Å². The first-order valence-electron chi connectivity index (χ1n) is 7.70. The molecule has 0 aliphatic heterocycles. The van der Waals surface area contributed by atoms with E-state index in [4.69, 9.17) is 0 Å². The number of ketones is 1. The van der Waals surface area contributed by atoms with Gasteiger partial charge in [0.2, 0.25) is 0 Å². The van der Waals surface area contributed by atoms with Crippen molar-refractivity contribution in [1.82, 2.24) is 10.2 Å². The third-order valence-corrected chi connectivity index (χ3v) is 3.49. The van der Waals surface area contributed by atoms with Crippen LogP contribution in [0.2, 0.25) is 0 Å². The fourth-order valence-corrected chi connectivity index (χ4v) is 2.17. The van der Waals surface area contributed by atoms with Crippen LogP contribution in [0.15, 0.2) is 66.7 Å². The van der Waals surface area contributed by atoms with Crippen LogP contribution in [-0.4, -0.2) is 21.9 Å². The molecule has 0 saturated carbocycles. The van der Waals surface area contributed by atoms with E-state index in [-0.39, 0.29) is 17.4 Å². The SMILES string of the molecule is CC(=O)c1ccc(NC(=O)c2ccc(Nc3ccccc3)nn2)cc1. The second kappa shape index (κ2) is 7.35. The van der Waals surface area contributed by atoms with Crippen molar-refractivity contribution in [2.24, 2.45) is 0 Å². The Balaban J connectivity index is 1.65. The van der Waals surface area contributed by atoms with E-state index in [0.717, 1.165) is 5.69 Å². The van der Waals surface area contributed by atoms with Crippen molar-refractivity contribution in [3.05, 3.63) is 78.0 Å². The lowest BCUT2D eigenvalue weighted by Gasteiger charge is -2.07. The number of amides is 1. The molecule has 0 spiro atoms. The summed E-state index contributed by atoms with van der Waals surface area (Å²) in [7, 11) is 0. The molecule has 0 aliphatic carbocycles. The summed E-state index contributed by atoms with van der Waals surface area (Å²) in [6.07, 6.45) is 0. The average molecular weight is 332 g/mol. The Morgan fingerprint density at radius 2 is 1.52 bits per heavy atom. The van der Waals surface area contributed by atoms with Crippen LogP contribution in [0.1, 0.15) is 27.8 Å². The lowest BCUT2D eigenvalue weighted by molar-refractivity contribution is 0.101. The summed E-state index contributed by atoms with van der Waals surface area (Å²) in [6.45, 7) is 1.49. The van der Waals surface area contributed by atoms with Gasteiger partial charge in [-0.3, -0.25) is 9.59 Å². The molecular weight excluding hydrogens is 316 g/mol. The third kappa shape index (κ3) is 4.26. The van der Waals surface area contributed by atoms with E-state index >= 15 is 0 Å². The molecule has 0 saturated heterocycles. The van der Waals surface area contributed by atoms with Crippen molar-refractivity contribution >= 4 is 28.9 Å². The predicted octanol–water partition coefficient (Wildman–Crippen LogP) is 3.68. The van der Waals surface area contributed by atoms with E-state index < -0.39 is 0 Å². The highest BCUT2D eigenvalue weighted by atomic mass is 16.2. The van der Waals surface area contributed by atoms with E-state index in [9.17, 15) is 9.59 Å². The van der Waals surface area contributed by atoms with Crippen LogP contribution in [0.4, 0.5) is 17.2 Å². The number of carbonyl (C=O) groups excluding carboxylic acids is 2. The van der Waals surface area contributed by atoms with Crippen LogP contribution in [0, 0.1) is 0 Å². The molecular formula is C19H16N4O2. The van der Waals surface area contributed by atoms with Gasteiger partial charge >= 0.3 is 0 Å². The van der Waals surface area contributed by atoms with Gasteiger partial charge in [0.15, 0.2) is 17.3 Å². The Hall–Kier alpha value is -3.54. The number of Topliss-reactive ketones (excluding diaryl/α,β-unsaturated/α-hetero) is 1. The van der Waals surface area contributed by atoms with Crippen molar-refractivity contribution in [2.75, 3.05) is 10.6 Å². The number of para-hydroxylation sites is 1.